The normalized spacial score (nSPS) is 18.7. The largest absolute Gasteiger partial charge is 0.383 e. The molecule has 0 aliphatic carbocycles. The Labute approximate surface area is 113 Å². The predicted octanol–water partition coefficient (Wildman–Crippen LogP) is 0.302. The molecule has 1 fully saturated rings. The van der Waals surface area contributed by atoms with Crippen LogP contribution in [0.1, 0.15) is 12.8 Å². The van der Waals surface area contributed by atoms with Gasteiger partial charge in [-0.15, -0.1) is 0 Å². The van der Waals surface area contributed by atoms with E-state index in [0.717, 1.165) is 17.6 Å². The van der Waals surface area contributed by atoms with Gasteiger partial charge in [-0.05, 0) is 34.7 Å². The lowest BCUT2D eigenvalue weighted by atomic mass is 9.91. The zero-order valence-electron chi connectivity index (χ0n) is 9.79. The summed E-state index contributed by atoms with van der Waals surface area (Å²) in [6, 6.07) is 0. The second kappa shape index (κ2) is 5.62. The van der Waals surface area contributed by atoms with Gasteiger partial charge in [0.05, 0.1) is 4.47 Å². The van der Waals surface area contributed by atoms with Crippen LogP contribution in [-0.2, 0) is 4.79 Å². The fourth-order valence-corrected chi connectivity index (χ4v) is 2.32. The van der Waals surface area contributed by atoms with Gasteiger partial charge >= 0.3 is 0 Å². The number of hydrogen-bond donors (Lipinski definition) is 2. The minimum atomic E-state index is -1.04. The van der Waals surface area contributed by atoms with E-state index in [-0.39, 0.29) is 5.92 Å². The molecule has 1 saturated heterocycles. The molecule has 7 heteroatoms. The highest BCUT2D eigenvalue weighted by molar-refractivity contribution is 9.10. The Kier molecular flexibility index (Phi) is 4.13. The van der Waals surface area contributed by atoms with E-state index in [2.05, 4.69) is 25.9 Å². The van der Waals surface area contributed by atoms with Crippen molar-refractivity contribution in [3.63, 3.8) is 0 Å². The minimum absolute atomic E-state index is 0.0609. The van der Waals surface area contributed by atoms with Crippen molar-refractivity contribution in [2.45, 2.75) is 18.9 Å². The Morgan fingerprint density at radius 1 is 1.44 bits per heavy atom. The molecule has 18 heavy (non-hydrogen) atoms. The van der Waals surface area contributed by atoms with Crippen molar-refractivity contribution < 1.29 is 9.90 Å². The molecular formula is C11H15BrN4O2. The summed E-state index contributed by atoms with van der Waals surface area (Å²) in [5.74, 6) is -0.0345. The molecule has 3 N–H and O–H groups in total. The summed E-state index contributed by atoms with van der Waals surface area (Å²) in [6.07, 6.45) is 3.78. The first-order chi connectivity index (χ1) is 8.58. The quantitative estimate of drug-likeness (QED) is 0.837. The Balaban J connectivity index is 1.94. The number of carbonyl (C=O) groups excluding carboxylic acids is 1. The SMILES string of the molecule is NC(=O)[C@@H](O)C1CCN(c2ncc(Br)cn2)CC1. The molecule has 2 rings (SSSR count). The summed E-state index contributed by atoms with van der Waals surface area (Å²) in [5, 5.41) is 9.61. The number of anilines is 1. The fourth-order valence-electron chi connectivity index (χ4n) is 2.12. The van der Waals surface area contributed by atoms with Crippen molar-refractivity contribution in [1.29, 1.82) is 0 Å². The summed E-state index contributed by atoms with van der Waals surface area (Å²) in [6.45, 7) is 1.44. The average Bonchev–Trinajstić information content (AvgIpc) is 2.39. The average molecular weight is 315 g/mol. The molecular weight excluding hydrogens is 300 g/mol. The van der Waals surface area contributed by atoms with Gasteiger partial charge in [0.15, 0.2) is 0 Å². The topological polar surface area (TPSA) is 92.3 Å². The smallest absolute Gasteiger partial charge is 0.246 e. The van der Waals surface area contributed by atoms with Crippen molar-refractivity contribution in [3.8, 4) is 0 Å². The fraction of sp³-hybridized carbons (Fsp3) is 0.545. The lowest BCUT2D eigenvalue weighted by Gasteiger charge is -2.33. The van der Waals surface area contributed by atoms with Crippen molar-refractivity contribution in [1.82, 2.24) is 9.97 Å². The van der Waals surface area contributed by atoms with Crippen molar-refractivity contribution >= 4 is 27.8 Å². The second-order valence-corrected chi connectivity index (χ2v) is 5.29. The monoisotopic (exact) mass is 314 g/mol. The molecule has 1 aromatic heterocycles. The highest BCUT2D eigenvalue weighted by atomic mass is 79.9. The van der Waals surface area contributed by atoms with Gasteiger partial charge in [-0.25, -0.2) is 9.97 Å². The van der Waals surface area contributed by atoms with E-state index in [1.807, 2.05) is 4.90 Å². The zero-order chi connectivity index (χ0) is 13.1. The number of amides is 1. The summed E-state index contributed by atoms with van der Waals surface area (Å²) in [5.41, 5.74) is 5.10. The van der Waals surface area contributed by atoms with Crippen molar-refractivity contribution in [2.75, 3.05) is 18.0 Å². The maximum atomic E-state index is 10.9. The molecule has 1 aromatic rings. The van der Waals surface area contributed by atoms with Crippen LogP contribution in [0.2, 0.25) is 0 Å². The standard InChI is InChI=1S/C11H15BrN4O2/c12-8-5-14-11(15-6-8)16-3-1-7(2-4-16)9(17)10(13)18/h5-7,9,17H,1-4H2,(H2,13,18)/t9-/m0/s1. The second-order valence-electron chi connectivity index (χ2n) is 4.37. The van der Waals surface area contributed by atoms with Crippen LogP contribution in [0.3, 0.4) is 0 Å². The van der Waals surface area contributed by atoms with E-state index in [4.69, 9.17) is 5.73 Å². The zero-order valence-corrected chi connectivity index (χ0v) is 11.4. The Hall–Kier alpha value is -1.21. The molecule has 1 aliphatic heterocycles. The Bertz CT molecular complexity index is 418. The number of piperidine rings is 1. The highest BCUT2D eigenvalue weighted by Gasteiger charge is 2.29. The third kappa shape index (κ3) is 2.97. The molecule has 0 aromatic carbocycles. The molecule has 98 valence electrons. The molecule has 6 nitrogen and oxygen atoms in total. The van der Waals surface area contributed by atoms with E-state index < -0.39 is 12.0 Å². The maximum absolute atomic E-state index is 10.9. The van der Waals surface area contributed by atoms with Gasteiger partial charge in [0.25, 0.3) is 0 Å². The lowest BCUT2D eigenvalue weighted by Crippen LogP contribution is -2.43. The van der Waals surface area contributed by atoms with Gasteiger partial charge in [-0.1, -0.05) is 0 Å². The number of carbonyl (C=O) groups is 1. The predicted molar refractivity (Wildman–Crippen MR) is 69.9 cm³/mol. The van der Waals surface area contributed by atoms with Gasteiger partial charge in [0.1, 0.15) is 6.10 Å². The van der Waals surface area contributed by atoms with E-state index in [1.54, 1.807) is 12.4 Å². The number of halogens is 1. The molecule has 1 atom stereocenters. The molecule has 0 spiro atoms. The van der Waals surface area contributed by atoms with Crippen LogP contribution in [-0.4, -0.2) is 40.2 Å². The molecule has 1 aliphatic rings. The van der Waals surface area contributed by atoms with E-state index >= 15 is 0 Å². The minimum Gasteiger partial charge on any atom is -0.383 e. The molecule has 1 amide bonds. The first-order valence-corrected chi connectivity index (χ1v) is 6.57. The van der Waals surface area contributed by atoms with Crippen LogP contribution in [0.15, 0.2) is 16.9 Å². The maximum Gasteiger partial charge on any atom is 0.246 e. The van der Waals surface area contributed by atoms with Crippen molar-refractivity contribution in [3.05, 3.63) is 16.9 Å². The van der Waals surface area contributed by atoms with Gasteiger partial charge in [0, 0.05) is 25.5 Å². The van der Waals surface area contributed by atoms with Gasteiger partial charge in [-0.3, -0.25) is 4.79 Å². The highest BCUT2D eigenvalue weighted by Crippen LogP contribution is 2.23. The number of rotatable bonds is 3. The van der Waals surface area contributed by atoms with Crippen LogP contribution in [0.4, 0.5) is 5.95 Å². The van der Waals surface area contributed by atoms with Crippen LogP contribution in [0, 0.1) is 5.92 Å². The van der Waals surface area contributed by atoms with Gasteiger partial charge in [-0.2, -0.15) is 0 Å². The first-order valence-electron chi connectivity index (χ1n) is 5.78. The number of aromatic nitrogens is 2. The van der Waals surface area contributed by atoms with E-state index in [9.17, 15) is 9.90 Å². The number of nitrogens with zero attached hydrogens (tertiary/aromatic N) is 3. The molecule has 0 unspecified atom stereocenters. The number of nitrogens with two attached hydrogens (primary N) is 1. The number of aliphatic hydroxyl groups is 1. The third-order valence-corrected chi connectivity index (χ3v) is 3.58. The summed E-state index contributed by atoms with van der Waals surface area (Å²) in [4.78, 5) is 21.4. The molecule has 0 radical (unpaired) electrons. The van der Waals surface area contributed by atoms with Gasteiger partial charge in [0.2, 0.25) is 11.9 Å². The number of primary amides is 1. The lowest BCUT2D eigenvalue weighted by molar-refractivity contribution is -0.129. The third-order valence-electron chi connectivity index (χ3n) is 3.17. The van der Waals surface area contributed by atoms with Gasteiger partial charge < -0.3 is 15.7 Å². The Morgan fingerprint density at radius 3 is 2.50 bits per heavy atom. The van der Waals surface area contributed by atoms with Crippen LogP contribution in [0.5, 0.6) is 0 Å². The van der Waals surface area contributed by atoms with E-state index in [1.165, 1.54) is 0 Å². The summed E-state index contributed by atoms with van der Waals surface area (Å²) < 4.78 is 0.838. The van der Waals surface area contributed by atoms with Crippen molar-refractivity contribution in [2.24, 2.45) is 11.7 Å². The van der Waals surface area contributed by atoms with E-state index in [0.29, 0.717) is 18.8 Å². The van der Waals surface area contributed by atoms with Crippen LogP contribution >= 0.6 is 15.9 Å². The molecule has 2 heterocycles. The number of hydrogen-bond acceptors (Lipinski definition) is 5. The van der Waals surface area contributed by atoms with Crippen LogP contribution < -0.4 is 10.6 Å². The Morgan fingerprint density at radius 2 is 2.00 bits per heavy atom. The first kappa shape index (κ1) is 13.2. The molecule has 0 bridgehead atoms. The number of aliphatic hydroxyl groups excluding tert-OH is 1. The molecule has 0 saturated carbocycles. The summed E-state index contributed by atoms with van der Waals surface area (Å²) >= 11 is 3.29. The summed E-state index contributed by atoms with van der Waals surface area (Å²) in [7, 11) is 0. The van der Waals surface area contributed by atoms with Crippen LogP contribution in [0.25, 0.3) is 0 Å².